The molecule has 0 spiro atoms. The minimum atomic E-state index is -0.402. The zero-order chi connectivity index (χ0) is 30.0. The third kappa shape index (κ3) is 5.53. The van der Waals surface area contributed by atoms with E-state index in [2.05, 4.69) is 14.9 Å². The van der Waals surface area contributed by atoms with Crippen LogP contribution in [0.2, 0.25) is 0 Å². The Hall–Kier alpha value is -5.03. The summed E-state index contributed by atoms with van der Waals surface area (Å²) in [6, 6.07) is 17.8. The van der Waals surface area contributed by atoms with Gasteiger partial charge in [0.2, 0.25) is 11.7 Å². The van der Waals surface area contributed by atoms with Gasteiger partial charge in [-0.3, -0.25) is 14.0 Å². The van der Waals surface area contributed by atoms with Crippen molar-refractivity contribution in [2.24, 2.45) is 0 Å². The first kappa shape index (κ1) is 27.8. The van der Waals surface area contributed by atoms with Gasteiger partial charge >= 0.3 is 5.56 Å². The number of pyridine rings is 1. The molecule has 2 aliphatic heterocycles. The van der Waals surface area contributed by atoms with Crippen molar-refractivity contribution in [3.05, 3.63) is 106 Å². The first-order chi connectivity index (χ1) is 21.5. The van der Waals surface area contributed by atoms with Crippen molar-refractivity contribution in [2.45, 2.75) is 25.9 Å². The Morgan fingerprint density at radius 2 is 1.77 bits per heavy atom. The molecule has 0 radical (unpaired) electrons. The summed E-state index contributed by atoms with van der Waals surface area (Å²) in [4.78, 5) is 44.0. The number of nitrogens with one attached hydrogen (secondary N) is 1. The number of aromatic nitrogens is 4. The van der Waals surface area contributed by atoms with Gasteiger partial charge in [-0.05, 0) is 35.7 Å². The zero-order valence-electron chi connectivity index (χ0n) is 24.0. The lowest BCUT2D eigenvalue weighted by molar-refractivity contribution is -0.117. The van der Waals surface area contributed by atoms with E-state index in [4.69, 9.17) is 14.5 Å². The summed E-state index contributed by atoms with van der Waals surface area (Å²) in [7, 11) is 0. The Balaban J connectivity index is 1.37. The summed E-state index contributed by atoms with van der Waals surface area (Å²) in [6.45, 7) is 3.18. The molecule has 2 aliphatic rings. The maximum atomic E-state index is 14.3. The number of imidazole rings is 1. The van der Waals surface area contributed by atoms with E-state index in [1.807, 2.05) is 36.4 Å². The summed E-state index contributed by atoms with van der Waals surface area (Å²) in [5.74, 6) is 0.0996. The normalized spacial score (nSPS) is 15.3. The molecule has 5 aromatic rings. The van der Waals surface area contributed by atoms with E-state index in [-0.39, 0.29) is 29.8 Å². The number of benzene rings is 2. The van der Waals surface area contributed by atoms with Crippen LogP contribution >= 0.6 is 0 Å². The minimum Gasteiger partial charge on any atom is -0.481 e. The van der Waals surface area contributed by atoms with E-state index < -0.39 is 5.56 Å². The van der Waals surface area contributed by atoms with Gasteiger partial charge in [0, 0.05) is 50.6 Å². The number of aromatic amines is 1. The molecule has 0 bridgehead atoms. The second-order valence-corrected chi connectivity index (χ2v) is 11.0. The SMILES string of the molecule is O=C1CCCN1c1cc(N2CCOCC2)cn2c(=O)c(OCc3ccccc3)c(-c3ncc(Cc4ccc(F)cc4)[nH]3)nc12. The molecule has 5 heterocycles. The number of fused-ring (bicyclic) bond motifs is 1. The second-order valence-electron chi connectivity index (χ2n) is 11.0. The number of H-pyrrole nitrogens is 1. The number of hydrogen-bond donors (Lipinski definition) is 1. The van der Waals surface area contributed by atoms with E-state index in [1.54, 1.807) is 29.4 Å². The van der Waals surface area contributed by atoms with Gasteiger partial charge in [-0.25, -0.2) is 14.4 Å². The van der Waals surface area contributed by atoms with Crippen molar-refractivity contribution in [2.75, 3.05) is 42.6 Å². The number of amides is 1. The van der Waals surface area contributed by atoms with Gasteiger partial charge in [-0.2, -0.15) is 0 Å². The molecule has 11 heteroatoms. The zero-order valence-corrected chi connectivity index (χ0v) is 24.0. The van der Waals surface area contributed by atoms with Crippen molar-refractivity contribution in [3.63, 3.8) is 0 Å². The number of hydrogen-bond acceptors (Lipinski definition) is 7. The number of carbonyl (C=O) groups is 1. The first-order valence-corrected chi connectivity index (χ1v) is 14.7. The van der Waals surface area contributed by atoms with Crippen LogP contribution in [0.4, 0.5) is 15.8 Å². The van der Waals surface area contributed by atoms with Crippen LogP contribution in [0.25, 0.3) is 17.2 Å². The molecule has 7 rings (SSSR count). The molecule has 1 N–H and O–H groups in total. The highest BCUT2D eigenvalue weighted by molar-refractivity contribution is 5.99. The highest BCUT2D eigenvalue weighted by atomic mass is 19.1. The molecule has 3 aromatic heterocycles. The number of nitrogens with zero attached hydrogens (tertiary/aromatic N) is 5. The lowest BCUT2D eigenvalue weighted by atomic mass is 10.1. The van der Waals surface area contributed by atoms with E-state index in [9.17, 15) is 14.0 Å². The van der Waals surface area contributed by atoms with Crippen LogP contribution in [0, 0.1) is 5.82 Å². The molecular weight excluding hydrogens is 563 g/mol. The van der Waals surface area contributed by atoms with Crippen molar-refractivity contribution < 1.29 is 18.7 Å². The average molecular weight is 595 g/mol. The smallest absolute Gasteiger partial charge is 0.301 e. The largest absolute Gasteiger partial charge is 0.481 e. The maximum Gasteiger partial charge on any atom is 0.301 e. The number of anilines is 2. The summed E-state index contributed by atoms with van der Waals surface area (Å²) in [5, 5.41) is 0. The standard InChI is InChI=1S/C33H31FN6O4/c34-24-10-8-22(9-11-24)17-25-19-35-31(36-25)29-30(44-21-23-5-2-1-3-6-23)33(42)40-20-26(38-13-15-43-16-14-38)18-27(32(40)37-29)39-12-4-7-28(39)41/h1-3,5-6,8-11,18-20H,4,7,12-17,21H2,(H,35,36). The summed E-state index contributed by atoms with van der Waals surface area (Å²) in [5.41, 5.74) is 4.14. The van der Waals surface area contributed by atoms with Crippen molar-refractivity contribution in [3.8, 4) is 17.3 Å². The molecular formula is C33H31FN6O4. The number of rotatable bonds is 8. The van der Waals surface area contributed by atoms with Crippen molar-refractivity contribution >= 4 is 22.9 Å². The van der Waals surface area contributed by atoms with E-state index in [0.717, 1.165) is 28.9 Å². The van der Waals surface area contributed by atoms with Crippen molar-refractivity contribution in [1.82, 2.24) is 19.4 Å². The molecule has 0 saturated carbocycles. The van der Waals surface area contributed by atoms with E-state index in [1.165, 1.54) is 16.5 Å². The molecule has 44 heavy (non-hydrogen) atoms. The Bertz CT molecular complexity index is 1870. The summed E-state index contributed by atoms with van der Waals surface area (Å²) >= 11 is 0. The minimum absolute atomic E-state index is 0.00851. The molecule has 2 fully saturated rings. The fraction of sp³-hybridized carbons (Fsp3) is 0.273. The van der Waals surface area contributed by atoms with Crippen LogP contribution in [0.15, 0.2) is 77.9 Å². The summed E-state index contributed by atoms with van der Waals surface area (Å²) < 4.78 is 26.7. The van der Waals surface area contributed by atoms with Crippen LogP contribution < -0.4 is 20.1 Å². The fourth-order valence-electron chi connectivity index (χ4n) is 5.70. The van der Waals surface area contributed by atoms with Gasteiger partial charge in [0.1, 0.15) is 12.4 Å². The monoisotopic (exact) mass is 594 g/mol. The van der Waals surface area contributed by atoms with Crippen LogP contribution in [-0.4, -0.2) is 58.1 Å². The average Bonchev–Trinajstić information content (AvgIpc) is 3.71. The number of morpholine rings is 1. The van der Waals surface area contributed by atoms with Crippen LogP contribution in [0.3, 0.4) is 0 Å². The lowest BCUT2D eigenvalue weighted by Crippen LogP contribution is -2.37. The highest BCUT2D eigenvalue weighted by Gasteiger charge is 2.28. The molecule has 224 valence electrons. The molecule has 1 amide bonds. The Morgan fingerprint density at radius 1 is 0.977 bits per heavy atom. The molecule has 0 unspecified atom stereocenters. The first-order valence-electron chi connectivity index (χ1n) is 14.7. The second kappa shape index (κ2) is 11.9. The molecule has 2 aromatic carbocycles. The Morgan fingerprint density at radius 3 is 2.52 bits per heavy atom. The number of ether oxygens (including phenoxy) is 2. The lowest BCUT2D eigenvalue weighted by Gasteiger charge is -2.30. The quantitative estimate of drug-likeness (QED) is 0.285. The Labute approximate surface area is 252 Å². The highest BCUT2D eigenvalue weighted by Crippen LogP contribution is 2.33. The van der Waals surface area contributed by atoms with Crippen molar-refractivity contribution in [1.29, 1.82) is 0 Å². The molecule has 0 atom stereocenters. The predicted octanol–water partition coefficient (Wildman–Crippen LogP) is 4.36. The predicted molar refractivity (Wildman–Crippen MR) is 164 cm³/mol. The number of halogens is 1. The third-order valence-electron chi connectivity index (χ3n) is 7.98. The van der Waals surface area contributed by atoms with Gasteiger partial charge < -0.3 is 24.3 Å². The maximum absolute atomic E-state index is 14.3. The topological polar surface area (TPSA) is 105 Å². The number of carbonyl (C=O) groups excluding carboxylic acids is 1. The van der Waals surface area contributed by atoms with E-state index in [0.29, 0.717) is 62.8 Å². The van der Waals surface area contributed by atoms with Gasteiger partial charge in [0.05, 0.1) is 24.6 Å². The van der Waals surface area contributed by atoms with Gasteiger partial charge in [0.15, 0.2) is 17.2 Å². The Kier molecular flexibility index (Phi) is 7.53. The van der Waals surface area contributed by atoms with Gasteiger partial charge in [-0.1, -0.05) is 42.5 Å². The van der Waals surface area contributed by atoms with Crippen LogP contribution in [-0.2, 0) is 22.6 Å². The molecule has 0 aliphatic carbocycles. The van der Waals surface area contributed by atoms with Gasteiger partial charge in [0.25, 0.3) is 0 Å². The van der Waals surface area contributed by atoms with E-state index >= 15 is 0 Å². The van der Waals surface area contributed by atoms with Crippen LogP contribution in [0.5, 0.6) is 5.75 Å². The molecule has 2 saturated heterocycles. The van der Waals surface area contributed by atoms with Crippen LogP contribution in [0.1, 0.15) is 29.7 Å². The summed E-state index contributed by atoms with van der Waals surface area (Å²) in [6.07, 6.45) is 5.09. The molecule has 10 nitrogen and oxygen atoms in total. The third-order valence-corrected chi connectivity index (χ3v) is 7.98. The fourth-order valence-corrected chi connectivity index (χ4v) is 5.70. The van der Waals surface area contributed by atoms with Gasteiger partial charge in [-0.15, -0.1) is 0 Å².